The molecule has 0 radical (unpaired) electrons. The van der Waals surface area contributed by atoms with Gasteiger partial charge in [0.1, 0.15) is 0 Å². The van der Waals surface area contributed by atoms with E-state index in [1.165, 1.54) is 6.07 Å². The fraction of sp³-hybridized carbons (Fsp3) is 0.500. The number of amides is 1. The summed E-state index contributed by atoms with van der Waals surface area (Å²) >= 11 is 0. The first kappa shape index (κ1) is 17.2. The van der Waals surface area contributed by atoms with Crippen LogP contribution in [0, 0.1) is 5.41 Å². The molecular formula is C16H23NO4. The van der Waals surface area contributed by atoms with Gasteiger partial charge in [-0.15, -0.1) is 0 Å². The Labute approximate surface area is 125 Å². The SMILES string of the molecule is CC(C)(C)CC(O)CNC(=O)Cc1ccccc1C(=O)O. The summed E-state index contributed by atoms with van der Waals surface area (Å²) in [6.45, 7) is 6.22. The minimum atomic E-state index is -1.05. The molecule has 1 atom stereocenters. The maximum absolute atomic E-state index is 11.8. The number of carboxylic acids is 1. The first-order chi connectivity index (χ1) is 9.69. The number of aliphatic hydroxyl groups is 1. The molecule has 1 amide bonds. The van der Waals surface area contributed by atoms with Crippen LogP contribution < -0.4 is 5.32 Å². The van der Waals surface area contributed by atoms with Crippen LogP contribution in [0.5, 0.6) is 0 Å². The molecule has 1 unspecified atom stereocenters. The van der Waals surface area contributed by atoms with E-state index in [2.05, 4.69) is 5.32 Å². The predicted molar refractivity (Wildman–Crippen MR) is 80.2 cm³/mol. The van der Waals surface area contributed by atoms with Gasteiger partial charge in [-0.2, -0.15) is 0 Å². The van der Waals surface area contributed by atoms with Crippen molar-refractivity contribution >= 4 is 11.9 Å². The van der Waals surface area contributed by atoms with Gasteiger partial charge in [0.15, 0.2) is 0 Å². The molecule has 1 aromatic carbocycles. The topological polar surface area (TPSA) is 86.6 Å². The van der Waals surface area contributed by atoms with Crippen molar-refractivity contribution < 1.29 is 19.8 Å². The zero-order valence-corrected chi connectivity index (χ0v) is 12.7. The van der Waals surface area contributed by atoms with Gasteiger partial charge in [0.05, 0.1) is 18.1 Å². The van der Waals surface area contributed by atoms with Gasteiger partial charge >= 0.3 is 5.97 Å². The third-order valence-corrected chi connectivity index (χ3v) is 2.98. The second-order valence-electron chi connectivity index (χ2n) is 6.36. The number of hydrogen-bond donors (Lipinski definition) is 3. The largest absolute Gasteiger partial charge is 0.478 e. The molecule has 0 aromatic heterocycles. The van der Waals surface area contributed by atoms with Gasteiger partial charge in [-0.1, -0.05) is 39.0 Å². The molecule has 0 spiro atoms. The number of benzene rings is 1. The smallest absolute Gasteiger partial charge is 0.335 e. The Hall–Kier alpha value is -1.88. The second-order valence-corrected chi connectivity index (χ2v) is 6.36. The molecule has 1 rings (SSSR count). The molecule has 116 valence electrons. The van der Waals surface area contributed by atoms with Crippen molar-refractivity contribution in [3.63, 3.8) is 0 Å². The highest BCUT2D eigenvalue weighted by atomic mass is 16.4. The summed E-state index contributed by atoms with van der Waals surface area (Å²) in [5, 5.41) is 21.5. The third kappa shape index (κ3) is 6.40. The van der Waals surface area contributed by atoms with Gasteiger partial charge < -0.3 is 15.5 Å². The van der Waals surface area contributed by atoms with Crippen molar-refractivity contribution in [3.05, 3.63) is 35.4 Å². The lowest BCUT2D eigenvalue weighted by Crippen LogP contribution is -2.35. The number of carboxylic acid groups (broad SMARTS) is 1. The summed E-state index contributed by atoms with van der Waals surface area (Å²) < 4.78 is 0. The monoisotopic (exact) mass is 293 g/mol. The summed E-state index contributed by atoms with van der Waals surface area (Å²) in [5.41, 5.74) is 0.579. The van der Waals surface area contributed by atoms with E-state index in [0.717, 1.165) is 0 Å². The number of aliphatic hydroxyl groups excluding tert-OH is 1. The lowest BCUT2D eigenvalue weighted by molar-refractivity contribution is -0.121. The summed E-state index contributed by atoms with van der Waals surface area (Å²) in [6, 6.07) is 6.41. The standard InChI is InChI=1S/C16H23NO4/c1-16(2,3)9-12(18)10-17-14(19)8-11-6-4-5-7-13(11)15(20)21/h4-7,12,18H,8-10H2,1-3H3,(H,17,19)(H,20,21). The molecule has 0 aliphatic rings. The molecule has 1 aromatic rings. The van der Waals surface area contributed by atoms with E-state index in [1.54, 1.807) is 18.2 Å². The fourth-order valence-electron chi connectivity index (χ4n) is 2.13. The van der Waals surface area contributed by atoms with E-state index in [4.69, 9.17) is 5.11 Å². The minimum Gasteiger partial charge on any atom is -0.478 e. The molecule has 0 saturated heterocycles. The van der Waals surface area contributed by atoms with Crippen LogP contribution in [0.4, 0.5) is 0 Å². The van der Waals surface area contributed by atoms with E-state index in [1.807, 2.05) is 20.8 Å². The van der Waals surface area contributed by atoms with Crippen LogP contribution in [-0.4, -0.2) is 34.7 Å². The third-order valence-electron chi connectivity index (χ3n) is 2.98. The molecule has 3 N–H and O–H groups in total. The van der Waals surface area contributed by atoms with Gasteiger partial charge in [0, 0.05) is 6.54 Å². The van der Waals surface area contributed by atoms with Crippen molar-refractivity contribution in [3.8, 4) is 0 Å². The number of rotatable bonds is 6. The van der Waals surface area contributed by atoms with E-state index >= 15 is 0 Å². The zero-order chi connectivity index (χ0) is 16.0. The maximum atomic E-state index is 11.8. The van der Waals surface area contributed by atoms with Gasteiger partial charge in [0.2, 0.25) is 5.91 Å². The highest BCUT2D eigenvalue weighted by Gasteiger charge is 2.18. The lowest BCUT2D eigenvalue weighted by Gasteiger charge is -2.22. The molecule has 5 heteroatoms. The number of carbonyl (C=O) groups excluding carboxylic acids is 1. The van der Waals surface area contributed by atoms with Gasteiger partial charge in [0.25, 0.3) is 0 Å². The van der Waals surface area contributed by atoms with Crippen LogP contribution in [0.25, 0.3) is 0 Å². The van der Waals surface area contributed by atoms with Crippen molar-refractivity contribution in [2.24, 2.45) is 5.41 Å². The molecule has 0 bridgehead atoms. The number of carbonyl (C=O) groups is 2. The minimum absolute atomic E-state index is 0.00922. The fourth-order valence-corrected chi connectivity index (χ4v) is 2.13. The van der Waals surface area contributed by atoms with E-state index in [-0.39, 0.29) is 29.9 Å². The number of nitrogens with one attached hydrogen (secondary N) is 1. The van der Waals surface area contributed by atoms with Gasteiger partial charge in [-0.05, 0) is 23.5 Å². The van der Waals surface area contributed by atoms with Crippen LogP contribution in [-0.2, 0) is 11.2 Å². The van der Waals surface area contributed by atoms with Crippen LogP contribution in [0.2, 0.25) is 0 Å². The van der Waals surface area contributed by atoms with Crippen molar-refractivity contribution in [2.75, 3.05) is 6.54 Å². The van der Waals surface area contributed by atoms with Crippen LogP contribution >= 0.6 is 0 Å². The first-order valence-corrected chi connectivity index (χ1v) is 6.95. The Bertz CT molecular complexity index is 505. The molecule has 0 aliphatic heterocycles. The van der Waals surface area contributed by atoms with Crippen molar-refractivity contribution in [2.45, 2.75) is 39.7 Å². The van der Waals surface area contributed by atoms with E-state index < -0.39 is 12.1 Å². The van der Waals surface area contributed by atoms with Crippen LogP contribution in [0.15, 0.2) is 24.3 Å². The first-order valence-electron chi connectivity index (χ1n) is 6.95. The summed E-state index contributed by atoms with van der Waals surface area (Å²) in [7, 11) is 0. The Kier molecular flexibility index (Phi) is 5.90. The lowest BCUT2D eigenvalue weighted by atomic mass is 9.89. The van der Waals surface area contributed by atoms with Crippen molar-refractivity contribution in [1.82, 2.24) is 5.32 Å². The summed E-state index contributed by atoms with van der Waals surface area (Å²) in [4.78, 5) is 22.9. The molecule has 0 aliphatic carbocycles. The predicted octanol–water partition coefficient (Wildman–Crippen LogP) is 1.84. The van der Waals surface area contributed by atoms with E-state index in [0.29, 0.717) is 12.0 Å². The average molecular weight is 293 g/mol. The summed E-state index contributed by atoms with van der Waals surface area (Å²) in [6.07, 6.45) is -0.0346. The highest BCUT2D eigenvalue weighted by molar-refractivity contribution is 5.91. The quantitative estimate of drug-likeness (QED) is 0.747. The molecule has 0 fully saturated rings. The normalized spacial score (nSPS) is 12.8. The molecule has 0 saturated carbocycles. The Morgan fingerprint density at radius 1 is 1.24 bits per heavy atom. The molecule has 0 heterocycles. The van der Waals surface area contributed by atoms with Gasteiger partial charge in [-0.25, -0.2) is 4.79 Å². The molecule has 21 heavy (non-hydrogen) atoms. The average Bonchev–Trinajstić information content (AvgIpc) is 2.35. The Morgan fingerprint density at radius 3 is 2.43 bits per heavy atom. The number of aromatic carboxylic acids is 1. The maximum Gasteiger partial charge on any atom is 0.335 e. The van der Waals surface area contributed by atoms with E-state index in [9.17, 15) is 14.7 Å². The van der Waals surface area contributed by atoms with Gasteiger partial charge in [-0.3, -0.25) is 4.79 Å². The van der Waals surface area contributed by atoms with Crippen molar-refractivity contribution in [1.29, 1.82) is 0 Å². The Balaban J connectivity index is 2.53. The molecule has 5 nitrogen and oxygen atoms in total. The molecular weight excluding hydrogens is 270 g/mol. The zero-order valence-electron chi connectivity index (χ0n) is 12.7. The number of hydrogen-bond acceptors (Lipinski definition) is 3. The highest BCUT2D eigenvalue weighted by Crippen LogP contribution is 2.20. The summed E-state index contributed by atoms with van der Waals surface area (Å²) in [5.74, 6) is -1.34. The van der Waals surface area contributed by atoms with Crippen LogP contribution in [0.3, 0.4) is 0 Å². The van der Waals surface area contributed by atoms with Crippen LogP contribution in [0.1, 0.15) is 43.1 Å². The second kappa shape index (κ2) is 7.22. The Morgan fingerprint density at radius 2 is 1.86 bits per heavy atom.